The van der Waals surface area contributed by atoms with Gasteiger partial charge in [0, 0.05) is 19.2 Å². The van der Waals surface area contributed by atoms with E-state index < -0.39 is 0 Å². The Morgan fingerprint density at radius 2 is 2.00 bits per heavy atom. The molecule has 0 saturated carbocycles. The molecular formula is C10H20N2O. The molecule has 2 rings (SSSR count). The highest BCUT2D eigenvalue weighted by atomic mass is 16.5. The second kappa shape index (κ2) is 4.40. The van der Waals surface area contributed by atoms with E-state index in [2.05, 4.69) is 4.90 Å². The lowest BCUT2D eigenvalue weighted by atomic mass is 10.0. The van der Waals surface area contributed by atoms with E-state index in [1.54, 1.807) is 0 Å². The second-order valence-corrected chi connectivity index (χ2v) is 4.37. The summed E-state index contributed by atoms with van der Waals surface area (Å²) in [5, 5.41) is 0. The lowest BCUT2D eigenvalue weighted by Gasteiger charge is -2.31. The molecule has 13 heavy (non-hydrogen) atoms. The Balaban J connectivity index is 1.69. The van der Waals surface area contributed by atoms with Gasteiger partial charge in [0.25, 0.3) is 0 Å². The van der Waals surface area contributed by atoms with Gasteiger partial charge in [-0.15, -0.1) is 0 Å². The number of hydrogen-bond donors (Lipinski definition) is 1. The van der Waals surface area contributed by atoms with E-state index in [0.717, 1.165) is 19.1 Å². The second-order valence-electron chi connectivity index (χ2n) is 4.37. The number of piperidine rings is 1. The van der Waals surface area contributed by atoms with Crippen molar-refractivity contribution in [1.29, 1.82) is 0 Å². The third-order valence-electron chi connectivity index (χ3n) is 3.17. The fourth-order valence-electron chi connectivity index (χ4n) is 2.23. The predicted octanol–water partition coefficient (Wildman–Crippen LogP) is 0.446. The molecule has 0 radical (unpaired) electrons. The maximum Gasteiger partial charge on any atom is 0.0507 e. The summed E-state index contributed by atoms with van der Waals surface area (Å²) in [5.74, 6) is 0.786. The van der Waals surface area contributed by atoms with Crippen LogP contribution in [0.25, 0.3) is 0 Å². The van der Waals surface area contributed by atoms with Gasteiger partial charge >= 0.3 is 0 Å². The molecule has 2 aliphatic heterocycles. The third-order valence-corrected chi connectivity index (χ3v) is 3.17. The van der Waals surface area contributed by atoms with Crippen LogP contribution in [0.2, 0.25) is 0 Å². The van der Waals surface area contributed by atoms with Gasteiger partial charge in [-0.1, -0.05) is 0 Å². The highest BCUT2D eigenvalue weighted by molar-refractivity contribution is 4.77. The summed E-state index contributed by atoms with van der Waals surface area (Å²) < 4.78 is 5.37. The van der Waals surface area contributed by atoms with Crippen molar-refractivity contribution < 1.29 is 4.74 Å². The van der Waals surface area contributed by atoms with E-state index in [9.17, 15) is 0 Å². The summed E-state index contributed by atoms with van der Waals surface area (Å²) in [7, 11) is 0. The van der Waals surface area contributed by atoms with Gasteiger partial charge in [-0.3, -0.25) is 0 Å². The summed E-state index contributed by atoms with van der Waals surface area (Å²) in [6.45, 7) is 5.56. The van der Waals surface area contributed by atoms with Crippen LogP contribution in [0.3, 0.4) is 0 Å². The van der Waals surface area contributed by atoms with Crippen molar-refractivity contribution >= 4 is 0 Å². The molecule has 0 aromatic rings. The van der Waals surface area contributed by atoms with E-state index in [1.165, 1.54) is 38.9 Å². The third kappa shape index (κ3) is 2.66. The summed E-state index contributed by atoms with van der Waals surface area (Å²) >= 11 is 0. The molecule has 0 aromatic carbocycles. The molecule has 1 unspecified atom stereocenters. The van der Waals surface area contributed by atoms with Crippen LogP contribution in [0.5, 0.6) is 0 Å². The van der Waals surface area contributed by atoms with Crippen molar-refractivity contribution in [3.8, 4) is 0 Å². The van der Waals surface area contributed by atoms with Crippen LogP contribution < -0.4 is 5.73 Å². The highest BCUT2D eigenvalue weighted by Crippen LogP contribution is 2.16. The van der Waals surface area contributed by atoms with E-state index in [4.69, 9.17) is 10.5 Å². The SMILES string of the molecule is NC1CCN(CC2CCOC2)CC1. The monoisotopic (exact) mass is 184 g/mol. The predicted molar refractivity (Wildman–Crippen MR) is 52.6 cm³/mol. The first-order valence-electron chi connectivity index (χ1n) is 5.40. The number of likely N-dealkylation sites (tertiary alicyclic amines) is 1. The minimum Gasteiger partial charge on any atom is -0.381 e. The van der Waals surface area contributed by atoms with Crippen LogP contribution >= 0.6 is 0 Å². The van der Waals surface area contributed by atoms with E-state index >= 15 is 0 Å². The number of nitrogens with two attached hydrogens (primary N) is 1. The summed E-state index contributed by atoms with van der Waals surface area (Å²) in [6.07, 6.45) is 3.60. The van der Waals surface area contributed by atoms with Crippen molar-refractivity contribution in [2.24, 2.45) is 11.7 Å². The average molecular weight is 184 g/mol. The Hall–Kier alpha value is -0.120. The van der Waals surface area contributed by atoms with Crippen molar-refractivity contribution in [2.45, 2.75) is 25.3 Å². The topological polar surface area (TPSA) is 38.5 Å². The van der Waals surface area contributed by atoms with Crippen LogP contribution in [-0.2, 0) is 4.74 Å². The molecule has 0 amide bonds. The largest absolute Gasteiger partial charge is 0.381 e. The van der Waals surface area contributed by atoms with Crippen molar-refractivity contribution in [2.75, 3.05) is 32.8 Å². The van der Waals surface area contributed by atoms with Crippen molar-refractivity contribution in [1.82, 2.24) is 4.90 Å². The molecule has 76 valence electrons. The molecule has 2 aliphatic rings. The van der Waals surface area contributed by atoms with Crippen molar-refractivity contribution in [3.63, 3.8) is 0 Å². The number of hydrogen-bond acceptors (Lipinski definition) is 3. The molecule has 0 aromatic heterocycles. The minimum absolute atomic E-state index is 0.455. The normalized spacial score (nSPS) is 32.5. The van der Waals surface area contributed by atoms with Crippen LogP contribution in [0.15, 0.2) is 0 Å². The lowest BCUT2D eigenvalue weighted by molar-refractivity contribution is 0.152. The minimum atomic E-state index is 0.455. The van der Waals surface area contributed by atoms with E-state index in [-0.39, 0.29) is 0 Å². The van der Waals surface area contributed by atoms with Gasteiger partial charge in [0.2, 0.25) is 0 Å². The van der Waals surface area contributed by atoms with E-state index in [1.807, 2.05) is 0 Å². The van der Waals surface area contributed by atoms with Crippen LogP contribution in [0.1, 0.15) is 19.3 Å². The molecular weight excluding hydrogens is 164 g/mol. The zero-order chi connectivity index (χ0) is 9.10. The Morgan fingerprint density at radius 1 is 1.23 bits per heavy atom. The molecule has 2 fully saturated rings. The standard InChI is InChI=1S/C10H20N2O/c11-10-1-4-12(5-2-10)7-9-3-6-13-8-9/h9-10H,1-8,11H2. The number of nitrogens with zero attached hydrogens (tertiary/aromatic N) is 1. The van der Waals surface area contributed by atoms with Gasteiger partial charge in [-0.2, -0.15) is 0 Å². The molecule has 0 bridgehead atoms. The summed E-state index contributed by atoms with van der Waals surface area (Å²) in [4.78, 5) is 2.54. The highest BCUT2D eigenvalue weighted by Gasteiger charge is 2.22. The fourth-order valence-corrected chi connectivity index (χ4v) is 2.23. The molecule has 2 saturated heterocycles. The quantitative estimate of drug-likeness (QED) is 0.677. The Morgan fingerprint density at radius 3 is 2.62 bits per heavy atom. The maximum absolute atomic E-state index is 5.85. The van der Waals surface area contributed by atoms with Gasteiger partial charge in [0.15, 0.2) is 0 Å². The average Bonchev–Trinajstić information content (AvgIpc) is 2.62. The molecule has 3 nitrogen and oxygen atoms in total. The van der Waals surface area contributed by atoms with Crippen LogP contribution in [-0.4, -0.2) is 43.8 Å². The maximum atomic E-state index is 5.85. The van der Waals surface area contributed by atoms with Crippen molar-refractivity contribution in [3.05, 3.63) is 0 Å². The molecule has 2 heterocycles. The smallest absolute Gasteiger partial charge is 0.0507 e. The van der Waals surface area contributed by atoms with Gasteiger partial charge in [-0.05, 0) is 38.3 Å². The summed E-state index contributed by atoms with van der Waals surface area (Å²) in [6, 6.07) is 0.455. The molecule has 0 aliphatic carbocycles. The van der Waals surface area contributed by atoms with Gasteiger partial charge in [0.05, 0.1) is 6.61 Å². The molecule has 1 atom stereocenters. The van der Waals surface area contributed by atoms with E-state index in [0.29, 0.717) is 6.04 Å². The van der Waals surface area contributed by atoms with Crippen LogP contribution in [0, 0.1) is 5.92 Å². The Bertz CT molecular complexity index is 149. The summed E-state index contributed by atoms with van der Waals surface area (Å²) in [5.41, 5.74) is 5.85. The lowest BCUT2D eigenvalue weighted by Crippen LogP contribution is -2.41. The number of rotatable bonds is 2. The molecule has 3 heteroatoms. The first-order chi connectivity index (χ1) is 6.34. The zero-order valence-electron chi connectivity index (χ0n) is 8.24. The molecule has 2 N–H and O–H groups in total. The van der Waals surface area contributed by atoms with Crippen LogP contribution in [0.4, 0.5) is 0 Å². The van der Waals surface area contributed by atoms with Gasteiger partial charge < -0.3 is 15.4 Å². The first kappa shape index (κ1) is 9.44. The zero-order valence-corrected chi connectivity index (χ0v) is 8.24. The van der Waals surface area contributed by atoms with Gasteiger partial charge in [0.1, 0.15) is 0 Å². The number of ether oxygens (including phenoxy) is 1. The first-order valence-corrected chi connectivity index (χ1v) is 5.40. The Labute approximate surface area is 80.2 Å². The molecule has 0 spiro atoms. The fraction of sp³-hybridized carbons (Fsp3) is 1.00. The van der Waals surface area contributed by atoms with Gasteiger partial charge in [-0.25, -0.2) is 0 Å². The Kier molecular flexibility index (Phi) is 3.19.